The quantitative estimate of drug-likeness (QED) is 0.639. The smallest absolute Gasteiger partial charge is 0.276 e. The third-order valence-corrected chi connectivity index (χ3v) is 6.38. The molecule has 27 heavy (non-hydrogen) atoms. The average molecular weight is 387 g/mol. The second-order valence-electron chi connectivity index (χ2n) is 7.53. The van der Waals surface area contributed by atoms with Crippen molar-refractivity contribution in [3.05, 3.63) is 35.5 Å². The molecule has 0 saturated heterocycles. The first-order chi connectivity index (χ1) is 13.1. The van der Waals surface area contributed by atoms with Gasteiger partial charge in [0.15, 0.2) is 0 Å². The Hall–Kier alpha value is -1.86. The van der Waals surface area contributed by atoms with Crippen molar-refractivity contribution in [2.24, 2.45) is 0 Å². The van der Waals surface area contributed by atoms with E-state index in [1.54, 1.807) is 6.33 Å². The molecule has 0 aliphatic heterocycles. The molecular formula is C20H26N4O2S. The Morgan fingerprint density at radius 1 is 1.19 bits per heavy atom. The monoisotopic (exact) mass is 386 g/mol. The molecule has 1 saturated carbocycles. The number of fused-ring (bicyclic) bond motifs is 1. The summed E-state index contributed by atoms with van der Waals surface area (Å²) in [4.78, 5) is 4.45. The SMILES string of the molecule is Cc1cc2ncn(C[C@H](O)CSc3nnc(C4CCCCC4)o3)c2cc1C. The molecule has 3 aromatic rings. The van der Waals surface area contributed by atoms with Crippen molar-refractivity contribution in [1.29, 1.82) is 0 Å². The third kappa shape index (κ3) is 4.19. The number of thioether (sulfide) groups is 1. The van der Waals surface area contributed by atoms with Crippen LogP contribution in [0.1, 0.15) is 55.0 Å². The minimum absolute atomic E-state index is 0.412. The number of aliphatic hydroxyl groups is 1. The van der Waals surface area contributed by atoms with Crippen LogP contribution in [0.15, 0.2) is 28.1 Å². The first-order valence-electron chi connectivity index (χ1n) is 9.66. The minimum atomic E-state index is -0.515. The van der Waals surface area contributed by atoms with Crippen LogP contribution in [0.25, 0.3) is 11.0 Å². The second-order valence-corrected chi connectivity index (χ2v) is 8.50. The molecule has 6 nitrogen and oxygen atoms in total. The van der Waals surface area contributed by atoms with Crippen molar-refractivity contribution in [3.8, 4) is 0 Å². The van der Waals surface area contributed by atoms with Gasteiger partial charge in [0.2, 0.25) is 5.89 Å². The molecule has 1 aliphatic carbocycles. The fraction of sp³-hybridized carbons (Fsp3) is 0.550. The number of hydrogen-bond donors (Lipinski definition) is 1. The highest BCUT2D eigenvalue weighted by Crippen LogP contribution is 2.33. The second kappa shape index (κ2) is 8.02. The van der Waals surface area contributed by atoms with Gasteiger partial charge < -0.3 is 14.1 Å². The lowest BCUT2D eigenvalue weighted by molar-refractivity contribution is 0.179. The average Bonchev–Trinajstić information content (AvgIpc) is 3.29. The van der Waals surface area contributed by atoms with Gasteiger partial charge in [-0.3, -0.25) is 0 Å². The molecule has 4 rings (SSSR count). The van der Waals surface area contributed by atoms with Crippen molar-refractivity contribution in [3.63, 3.8) is 0 Å². The third-order valence-electron chi connectivity index (χ3n) is 5.42. The van der Waals surface area contributed by atoms with Gasteiger partial charge in [-0.2, -0.15) is 0 Å². The standard InChI is InChI=1S/C20H26N4O2S/c1-13-8-17-18(9-14(13)2)24(12-21-17)10-16(25)11-27-20-23-22-19(26-20)15-6-4-3-5-7-15/h8-9,12,15-16,25H,3-7,10-11H2,1-2H3/t16-/m0/s1. The maximum atomic E-state index is 10.5. The van der Waals surface area contributed by atoms with Crippen LogP contribution in [0.2, 0.25) is 0 Å². The van der Waals surface area contributed by atoms with Crippen LogP contribution in [-0.2, 0) is 6.54 Å². The Labute approximate surface area is 163 Å². The van der Waals surface area contributed by atoms with Gasteiger partial charge in [0, 0.05) is 11.7 Å². The predicted molar refractivity (Wildman–Crippen MR) is 106 cm³/mol. The molecule has 1 N–H and O–H groups in total. The zero-order valence-corrected chi connectivity index (χ0v) is 16.7. The normalized spacial score (nSPS) is 16.9. The van der Waals surface area contributed by atoms with E-state index in [1.807, 2.05) is 4.57 Å². The first kappa shape index (κ1) is 18.5. The summed E-state index contributed by atoms with van der Waals surface area (Å²) >= 11 is 1.42. The Kier molecular flexibility index (Phi) is 5.50. The molecule has 1 atom stereocenters. The van der Waals surface area contributed by atoms with Gasteiger partial charge in [-0.1, -0.05) is 31.0 Å². The molecular weight excluding hydrogens is 360 g/mol. The summed E-state index contributed by atoms with van der Waals surface area (Å²) in [7, 11) is 0. The number of imidazole rings is 1. The van der Waals surface area contributed by atoms with Gasteiger partial charge in [-0.15, -0.1) is 10.2 Å². The summed E-state index contributed by atoms with van der Waals surface area (Å²) in [5.41, 5.74) is 4.48. The Bertz CT molecular complexity index is 914. The number of aromatic nitrogens is 4. The number of aliphatic hydroxyl groups excluding tert-OH is 1. The highest BCUT2D eigenvalue weighted by atomic mass is 32.2. The van der Waals surface area contributed by atoms with Crippen LogP contribution in [0.4, 0.5) is 0 Å². The minimum Gasteiger partial charge on any atom is -0.416 e. The fourth-order valence-corrected chi connectivity index (χ4v) is 4.38. The summed E-state index contributed by atoms with van der Waals surface area (Å²) in [6, 6.07) is 4.22. The van der Waals surface area contributed by atoms with Crippen molar-refractivity contribution in [2.75, 3.05) is 5.75 Å². The van der Waals surface area contributed by atoms with Crippen molar-refractivity contribution < 1.29 is 9.52 Å². The van der Waals surface area contributed by atoms with E-state index in [9.17, 15) is 5.11 Å². The van der Waals surface area contributed by atoms with Gasteiger partial charge in [0.25, 0.3) is 5.22 Å². The fourth-order valence-electron chi connectivity index (χ4n) is 3.70. The van der Waals surface area contributed by atoms with Crippen LogP contribution in [0.3, 0.4) is 0 Å². The van der Waals surface area contributed by atoms with Gasteiger partial charge in [-0.25, -0.2) is 4.98 Å². The van der Waals surface area contributed by atoms with E-state index in [4.69, 9.17) is 4.42 Å². The molecule has 2 aromatic heterocycles. The molecule has 0 amide bonds. The largest absolute Gasteiger partial charge is 0.416 e. The first-order valence-corrected chi connectivity index (χ1v) is 10.6. The Morgan fingerprint density at radius 2 is 1.96 bits per heavy atom. The number of aryl methyl sites for hydroxylation is 2. The number of rotatable bonds is 6. The molecule has 2 heterocycles. The molecule has 1 fully saturated rings. The molecule has 0 bridgehead atoms. The lowest BCUT2D eigenvalue weighted by Gasteiger charge is -2.17. The predicted octanol–water partition coefficient (Wildman–Crippen LogP) is 4.24. The lowest BCUT2D eigenvalue weighted by atomic mass is 9.89. The van der Waals surface area contributed by atoms with Crippen LogP contribution >= 0.6 is 11.8 Å². The summed E-state index contributed by atoms with van der Waals surface area (Å²) in [5.74, 6) is 1.68. The Morgan fingerprint density at radius 3 is 2.78 bits per heavy atom. The van der Waals surface area contributed by atoms with E-state index in [0.29, 0.717) is 23.4 Å². The van der Waals surface area contributed by atoms with Crippen LogP contribution in [0.5, 0.6) is 0 Å². The van der Waals surface area contributed by atoms with Gasteiger partial charge in [0.05, 0.1) is 30.0 Å². The number of nitrogens with zero attached hydrogens (tertiary/aromatic N) is 4. The van der Waals surface area contributed by atoms with Crippen LogP contribution in [-0.4, -0.2) is 36.7 Å². The maximum absolute atomic E-state index is 10.5. The molecule has 0 radical (unpaired) electrons. The maximum Gasteiger partial charge on any atom is 0.276 e. The zero-order valence-electron chi connectivity index (χ0n) is 15.9. The molecule has 144 valence electrons. The summed E-state index contributed by atoms with van der Waals surface area (Å²) in [6.07, 6.45) is 7.35. The molecule has 0 spiro atoms. The molecule has 1 aliphatic rings. The van der Waals surface area contributed by atoms with Crippen molar-refractivity contribution in [1.82, 2.24) is 19.7 Å². The van der Waals surface area contributed by atoms with Crippen molar-refractivity contribution in [2.45, 2.75) is 69.7 Å². The zero-order chi connectivity index (χ0) is 18.8. The van der Waals surface area contributed by atoms with E-state index < -0.39 is 6.10 Å². The van der Waals surface area contributed by atoms with E-state index >= 15 is 0 Å². The van der Waals surface area contributed by atoms with Gasteiger partial charge in [-0.05, 0) is 49.9 Å². The van der Waals surface area contributed by atoms with E-state index in [1.165, 1.54) is 42.2 Å². The van der Waals surface area contributed by atoms with Crippen LogP contribution < -0.4 is 0 Å². The molecule has 7 heteroatoms. The summed E-state index contributed by atoms with van der Waals surface area (Å²) in [5, 5.41) is 19.4. The number of hydrogen-bond acceptors (Lipinski definition) is 6. The highest BCUT2D eigenvalue weighted by molar-refractivity contribution is 7.99. The molecule has 0 unspecified atom stereocenters. The molecule has 1 aromatic carbocycles. The highest BCUT2D eigenvalue weighted by Gasteiger charge is 2.21. The number of benzene rings is 1. The summed E-state index contributed by atoms with van der Waals surface area (Å²) in [6.45, 7) is 4.68. The van der Waals surface area contributed by atoms with E-state index in [0.717, 1.165) is 29.8 Å². The lowest BCUT2D eigenvalue weighted by Crippen LogP contribution is -2.18. The van der Waals surface area contributed by atoms with Gasteiger partial charge in [0.1, 0.15) is 0 Å². The summed E-state index contributed by atoms with van der Waals surface area (Å²) < 4.78 is 7.83. The van der Waals surface area contributed by atoms with Crippen LogP contribution in [0, 0.1) is 13.8 Å². The van der Waals surface area contributed by atoms with E-state index in [2.05, 4.69) is 41.2 Å². The topological polar surface area (TPSA) is 77.0 Å². The van der Waals surface area contributed by atoms with E-state index in [-0.39, 0.29) is 0 Å². The van der Waals surface area contributed by atoms with Crippen molar-refractivity contribution >= 4 is 22.8 Å². The Balaban J connectivity index is 1.35. The van der Waals surface area contributed by atoms with Gasteiger partial charge >= 0.3 is 0 Å².